The molecule has 182 valence electrons. The van der Waals surface area contributed by atoms with E-state index in [0.717, 1.165) is 10.5 Å². The molecular formula is C26H18Cl2N2O6. The molecule has 36 heavy (non-hydrogen) atoms. The third kappa shape index (κ3) is 4.95. The second-order valence-corrected chi connectivity index (χ2v) is 8.46. The molecule has 0 aromatic heterocycles. The molecule has 3 aromatic rings. The second-order valence-electron chi connectivity index (χ2n) is 7.68. The maximum atomic E-state index is 12.9. The molecule has 4 rings (SSSR count). The van der Waals surface area contributed by atoms with Gasteiger partial charge in [-0.2, -0.15) is 0 Å². The number of esters is 2. The highest BCUT2D eigenvalue weighted by molar-refractivity contribution is 6.53. The summed E-state index contributed by atoms with van der Waals surface area (Å²) in [4.78, 5) is 50.5. The first kappa shape index (κ1) is 25.0. The number of carbonyl (C=O) groups excluding carboxylic acids is 4. The minimum atomic E-state index is -0.678. The molecule has 0 aliphatic carbocycles. The summed E-state index contributed by atoms with van der Waals surface area (Å²) in [6.45, 7) is 1.80. The lowest BCUT2D eigenvalue weighted by atomic mass is 10.2. The van der Waals surface area contributed by atoms with E-state index in [4.69, 9.17) is 27.9 Å². The van der Waals surface area contributed by atoms with E-state index in [1.165, 1.54) is 61.7 Å². The zero-order valence-corrected chi connectivity index (χ0v) is 20.5. The van der Waals surface area contributed by atoms with E-state index in [-0.39, 0.29) is 22.0 Å². The first-order chi connectivity index (χ1) is 17.2. The summed E-state index contributed by atoms with van der Waals surface area (Å²) in [5.74, 6) is -2.19. The van der Waals surface area contributed by atoms with E-state index in [1.54, 1.807) is 19.1 Å². The van der Waals surface area contributed by atoms with E-state index >= 15 is 0 Å². The number of benzene rings is 3. The van der Waals surface area contributed by atoms with Crippen molar-refractivity contribution < 1.29 is 28.7 Å². The molecule has 0 spiro atoms. The predicted molar refractivity (Wildman–Crippen MR) is 134 cm³/mol. The molecule has 1 aliphatic heterocycles. The van der Waals surface area contributed by atoms with Crippen LogP contribution in [0.25, 0.3) is 0 Å². The Bertz CT molecular complexity index is 1420. The quantitative estimate of drug-likeness (QED) is 0.272. The third-order valence-electron chi connectivity index (χ3n) is 5.32. The van der Waals surface area contributed by atoms with Crippen LogP contribution in [0.15, 0.2) is 77.5 Å². The van der Waals surface area contributed by atoms with Gasteiger partial charge in [-0.05, 0) is 73.2 Å². The van der Waals surface area contributed by atoms with Crippen LogP contribution >= 0.6 is 23.2 Å². The normalized spacial score (nSPS) is 13.2. The molecule has 10 heteroatoms. The summed E-state index contributed by atoms with van der Waals surface area (Å²) in [6, 6.07) is 16.8. The van der Waals surface area contributed by atoms with E-state index in [9.17, 15) is 19.2 Å². The minimum Gasteiger partial charge on any atom is -0.465 e. The van der Waals surface area contributed by atoms with E-state index in [0.29, 0.717) is 22.0 Å². The van der Waals surface area contributed by atoms with Crippen LogP contribution in [-0.2, 0) is 14.3 Å². The van der Waals surface area contributed by atoms with E-state index < -0.39 is 23.8 Å². The van der Waals surface area contributed by atoms with Gasteiger partial charge in [0, 0.05) is 10.7 Å². The Morgan fingerprint density at radius 1 is 0.833 bits per heavy atom. The molecular weight excluding hydrogens is 507 g/mol. The van der Waals surface area contributed by atoms with Crippen LogP contribution in [0.1, 0.15) is 26.3 Å². The number of methoxy groups -OCH3 is 1. The average molecular weight is 525 g/mol. The van der Waals surface area contributed by atoms with Crippen molar-refractivity contribution in [2.24, 2.45) is 0 Å². The number of hydrogen-bond donors (Lipinski definition) is 1. The van der Waals surface area contributed by atoms with E-state index in [1.807, 2.05) is 0 Å². The maximum absolute atomic E-state index is 12.9. The predicted octanol–water partition coefficient (Wildman–Crippen LogP) is 5.09. The zero-order chi connectivity index (χ0) is 26.0. The van der Waals surface area contributed by atoms with Crippen molar-refractivity contribution in [3.05, 3.63) is 99.2 Å². The highest BCUT2D eigenvalue weighted by Gasteiger charge is 2.39. The fraction of sp³-hybridized carbons (Fsp3) is 0.0769. The smallest absolute Gasteiger partial charge is 0.343 e. The minimum absolute atomic E-state index is 0.0978. The largest absolute Gasteiger partial charge is 0.465 e. The highest BCUT2D eigenvalue weighted by Crippen LogP contribution is 2.32. The zero-order valence-electron chi connectivity index (χ0n) is 19.0. The number of amides is 2. The number of ether oxygens (including phenoxy) is 2. The first-order valence-corrected chi connectivity index (χ1v) is 11.3. The van der Waals surface area contributed by atoms with Crippen LogP contribution < -0.4 is 15.0 Å². The van der Waals surface area contributed by atoms with Gasteiger partial charge in [-0.15, -0.1) is 0 Å². The summed E-state index contributed by atoms with van der Waals surface area (Å²) in [5.41, 5.74) is 1.99. The molecule has 1 aliphatic rings. The lowest BCUT2D eigenvalue weighted by Gasteiger charge is -2.16. The summed E-state index contributed by atoms with van der Waals surface area (Å²) in [7, 11) is 1.27. The highest BCUT2D eigenvalue weighted by atomic mass is 35.5. The molecule has 0 saturated heterocycles. The molecule has 0 radical (unpaired) electrons. The Morgan fingerprint density at radius 2 is 1.44 bits per heavy atom. The van der Waals surface area contributed by atoms with Crippen molar-refractivity contribution in [2.45, 2.75) is 6.92 Å². The lowest BCUT2D eigenvalue weighted by Crippen LogP contribution is -2.32. The molecule has 0 saturated carbocycles. The lowest BCUT2D eigenvalue weighted by molar-refractivity contribution is -0.120. The van der Waals surface area contributed by atoms with Crippen LogP contribution in [0.3, 0.4) is 0 Å². The number of halogens is 2. The summed E-state index contributed by atoms with van der Waals surface area (Å²) in [5, 5.41) is 2.98. The number of nitrogens with zero attached hydrogens (tertiary/aromatic N) is 1. The number of rotatable bonds is 6. The van der Waals surface area contributed by atoms with Gasteiger partial charge in [0.15, 0.2) is 0 Å². The molecule has 2 amide bonds. The number of nitrogens with one attached hydrogen (secondary N) is 1. The van der Waals surface area contributed by atoms with Gasteiger partial charge in [0.05, 0.1) is 23.9 Å². The fourth-order valence-electron chi connectivity index (χ4n) is 3.34. The Kier molecular flexibility index (Phi) is 7.10. The monoisotopic (exact) mass is 524 g/mol. The molecule has 0 bridgehead atoms. The number of imide groups is 1. The van der Waals surface area contributed by atoms with Crippen molar-refractivity contribution >= 4 is 58.3 Å². The molecule has 0 atom stereocenters. The van der Waals surface area contributed by atoms with Crippen molar-refractivity contribution in [3.8, 4) is 5.75 Å². The molecule has 0 fully saturated rings. The number of aryl methyl sites for hydroxylation is 1. The Hall–Kier alpha value is -4.14. The van der Waals surface area contributed by atoms with Crippen molar-refractivity contribution in [1.82, 2.24) is 0 Å². The van der Waals surface area contributed by atoms with Crippen molar-refractivity contribution in [2.75, 3.05) is 17.3 Å². The number of hydrogen-bond acceptors (Lipinski definition) is 7. The topological polar surface area (TPSA) is 102 Å². The van der Waals surface area contributed by atoms with Gasteiger partial charge < -0.3 is 14.8 Å². The Labute approximate surface area is 216 Å². The SMILES string of the molecule is COC(=O)c1ccc(OC(=O)c2ccc(NC3=C(Cl)C(=O)N(c4ccc(C)c(Cl)c4)C3=O)cc2)cc1. The van der Waals surface area contributed by atoms with Gasteiger partial charge in [-0.25, -0.2) is 14.5 Å². The van der Waals surface area contributed by atoms with Gasteiger partial charge >= 0.3 is 11.9 Å². The second kappa shape index (κ2) is 10.2. The molecule has 3 aromatic carbocycles. The van der Waals surface area contributed by atoms with Crippen LogP contribution in [0.4, 0.5) is 11.4 Å². The third-order valence-corrected chi connectivity index (χ3v) is 6.07. The van der Waals surface area contributed by atoms with Gasteiger partial charge in [-0.1, -0.05) is 29.3 Å². The van der Waals surface area contributed by atoms with Crippen LogP contribution in [0.2, 0.25) is 5.02 Å². The van der Waals surface area contributed by atoms with Crippen LogP contribution in [0, 0.1) is 6.92 Å². The van der Waals surface area contributed by atoms with Gasteiger partial charge in [0.1, 0.15) is 16.5 Å². The first-order valence-electron chi connectivity index (χ1n) is 10.5. The number of anilines is 2. The van der Waals surface area contributed by atoms with Gasteiger partial charge in [0.25, 0.3) is 11.8 Å². The van der Waals surface area contributed by atoms with Crippen LogP contribution in [0.5, 0.6) is 5.75 Å². The van der Waals surface area contributed by atoms with Gasteiger partial charge in [-0.3, -0.25) is 9.59 Å². The standard InChI is InChI=1S/C26H18Cl2N2O6/c1-14-3-10-18(13-20(14)27)30-23(31)21(28)22(24(30)32)29-17-8-4-16(5-9-17)26(34)36-19-11-6-15(7-12-19)25(33)35-2/h3-13,29H,1-2H3. The summed E-state index contributed by atoms with van der Waals surface area (Å²) >= 11 is 12.3. The van der Waals surface area contributed by atoms with Crippen LogP contribution in [-0.4, -0.2) is 30.9 Å². The van der Waals surface area contributed by atoms with Crippen molar-refractivity contribution in [1.29, 1.82) is 0 Å². The van der Waals surface area contributed by atoms with Crippen molar-refractivity contribution in [3.63, 3.8) is 0 Å². The summed E-state index contributed by atoms with van der Waals surface area (Å²) < 4.78 is 9.94. The summed E-state index contributed by atoms with van der Waals surface area (Å²) in [6.07, 6.45) is 0. The average Bonchev–Trinajstić information content (AvgIpc) is 3.09. The van der Waals surface area contributed by atoms with E-state index in [2.05, 4.69) is 10.1 Å². The van der Waals surface area contributed by atoms with Gasteiger partial charge in [0.2, 0.25) is 0 Å². The Balaban J connectivity index is 1.45. The molecule has 8 nitrogen and oxygen atoms in total. The molecule has 0 unspecified atom stereocenters. The molecule has 1 heterocycles. The number of carbonyl (C=O) groups is 4. The fourth-order valence-corrected chi connectivity index (χ4v) is 3.73. The molecule has 1 N–H and O–H groups in total. The Morgan fingerprint density at radius 3 is 2.06 bits per heavy atom. The maximum Gasteiger partial charge on any atom is 0.343 e.